The molecule has 2 unspecified atom stereocenters. The molecule has 0 aliphatic heterocycles. The largest absolute Gasteiger partial charge is 0.310 e. The zero-order valence-corrected chi connectivity index (χ0v) is 11.9. The summed E-state index contributed by atoms with van der Waals surface area (Å²) in [4.78, 5) is 12.1. The van der Waals surface area contributed by atoms with Crippen LogP contribution in [-0.2, 0) is 4.79 Å². The summed E-state index contributed by atoms with van der Waals surface area (Å²) in [5.41, 5.74) is 0. The zero-order valence-electron chi connectivity index (χ0n) is 10.3. The molecule has 0 radical (unpaired) electrons. The lowest BCUT2D eigenvalue weighted by Crippen LogP contribution is -2.18. The Kier molecular flexibility index (Phi) is 3.41. The van der Waals surface area contributed by atoms with Crippen molar-refractivity contribution < 1.29 is 4.79 Å². The molecule has 2 N–H and O–H groups in total. The van der Waals surface area contributed by atoms with Crippen LogP contribution in [0.3, 0.4) is 0 Å². The maximum atomic E-state index is 12.1. The highest BCUT2D eigenvalue weighted by molar-refractivity contribution is 9.10. The Bertz CT molecular complexity index is 439. The molecule has 2 atom stereocenters. The van der Waals surface area contributed by atoms with E-state index < -0.39 is 0 Å². The van der Waals surface area contributed by atoms with Crippen LogP contribution in [0.2, 0.25) is 0 Å². The van der Waals surface area contributed by atoms with E-state index in [0.29, 0.717) is 11.7 Å². The van der Waals surface area contributed by atoms with Gasteiger partial charge < -0.3 is 5.32 Å². The van der Waals surface area contributed by atoms with Crippen molar-refractivity contribution in [2.24, 2.45) is 17.8 Å². The lowest BCUT2D eigenvalue weighted by Gasteiger charge is -2.21. The number of amides is 1. The number of halogens is 1. The topological polar surface area (TPSA) is 57.8 Å². The number of carbonyl (C=O) groups excluding carboxylic acids is 1. The Morgan fingerprint density at radius 2 is 2.17 bits per heavy atom. The van der Waals surface area contributed by atoms with Crippen LogP contribution in [0.1, 0.15) is 38.5 Å². The summed E-state index contributed by atoms with van der Waals surface area (Å²) in [5, 5.41) is 9.58. The van der Waals surface area contributed by atoms with Gasteiger partial charge in [-0.15, -0.1) is 0 Å². The SMILES string of the molecule is O=C(Nc1[nH]ncc1Br)C1CC1C1CCCCC1. The highest BCUT2D eigenvalue weighted by atomic mass is 79.9. The number of carbonyl (C=O) groups is 1. The normalized spacial score (nSPS) is 28.1. The second kappa shape index (κ2) is 5.03. The molecule has 5 heteroatoms. The molecule has 98 valence electrons. The van der Waals surface area contributed by atoms with Gasteiger partial charge in [-0.2, -0.15) is 5.10 Å². The summed E-state index contributed by atoms with van der Waals surface area (Å²) in [6.45, 7) is 0. The molecule has 0 bridgehead atoms. The molecule has 0 spiro atoms. The lowest BCUT2D eigenvalue weighted by molar-refractivity contribution is -0.117. The fourth-order valence-corrected chi connectivity index (χ4v) is 3.46. The summed E-state index contributed by atoms with van der Waals surface area (Å²) >= 11 is 3.35. The number of hydrogen-bond donors (Lipinski definition) is 2. The van der Waals surface area contributed by atoms with Gasteiger partial charge in [0.15, 0.2) is 0 Å². The molecule has 1 aromatic heterocycles. The number of hydrogen-bond acceptors (Lipinski definition) is 2. The molecule has 2 aliphatic carbocycles. The molecule has 1 amide bonds. The summed E-state index contributed by atoms with van der Waals surface area (Å²) in [6, 6.07) is 0. The van der Waals surface area contributed by atoms with Gasteiger partial charge in [0.25, 0.3) is 0 Å². The van der Waals surface area contributed by atoms with Crippen molar-refractivity contribution in [1.29, 1.82) is 0 Å². The number of H-pyrrole nitrogens is 1. The van der Waals surface area contributed by atoms with Crippen molar-refractivity contribution >= 4 is 27.7 Å². The number of nitrogens with one attached hydrogen (secondary N) is 2. The van der Waals surface area contributed by atoms with Gasteiger partial charge >= 0.3 is 0 Å². The Balaban J connectivity index is 1.54. The number of aromatic nitrogens is 2. The third kappa shape index (κ3) is 2.46. The number of anilines is 1. The van der Waals surface area contributed by atoms with Crippen LogP contribution >= 0.6 is 15.9 Å². The fourth-order valence-electron chi connectivity index (χ4n) is 3.17. The highest BCUT2D eigenvalue weighted by Crippen LogP contribution is 2.49. The first-order valence-electron chi connectivity index (χ1n) is 6.75. The van der Waals surface area contributed by atoms with Crippen LogP contribution in [0.4, 0.5) is 5.82 Å². The van der Waals surface area contributed by atoms with Crippen molar-refractivity contribution in [1.82, 2.24) is 10.2 Å². The number of aromatic amines is 1. The number of rotatable bonds is 3. The van der Waals surface area contributed by atoms with Gasteiger partial charge in [0.05, 0.1) is 10.7 Å². The second-order valence-corrected chi connectivity index (χ2v) is 6.34. The minimum Gasteiger partial charge on any atom is -0.310 e. The van der Waals surface area contributed by atoms with E-state index in [0.717, 1.165) is 16.8 Å². The molecule has 4 nitrogen and oxygen atoms in total. The van der Waals surface area contributed by atoms with Gasteiger partial charge in [0.1, 0.15) is 5.82 Å². The Morgan fingerprint density at radius 3 is 2.83 bits per heavy atom. The first-order valence-corrected chi connectivity index (χ1v) is 7.54. The van der Waals surface area contributed by atoms with Crippen molar-refractivity contribution in [2.75, 3.05) is 5.32 Å². The van der Waals surface area contributed by atoms with Gasteiger partial charge in [0, 0.05) is 5.92 Å². The van der Waals surface area contributed by atoms with E-state index in [2.05, 4.69) is 31.4 Å². The molecule has 0 aromatic carbocycles. The first-order chi connectivity index (χ1) is 8.75. The number of nitrogens with zero attached hydrogens (tertiary/aromatic N) is 1. The standard InChI is InChI=1S/C13H18BrN3O/c14-11-7-15-17-12(11)16-13(18)10-6-9(10)8-4-2-1-3-5-8/h7-10H,1-6H2,(H2,15,16,17,18). The van der Waals surface area contributed by atoms with Gasteiger partial charge in [-0.1, -0.05) is 32.1 Å². The molecule has 1 aromatic rings. The molecule has 2 aliphatic rings. The van der Waals surface area contributed by atoms with Crippen LogP contribution in [0.5, 0.6) is 0 Å². The Morgan fingerprint density at radius 1 is 1.39 bits per heavy atom. The van der Waals surface area contributed by atoms with Crippen LogP contribution < -0.4 is 5.32 Å². The average molecular weight is 312 g/mol. The molecule has 2 fully saturated rings. The fraction of sp³-hybridized carbons (Fsp3) is 0.692. The smallest absolute Gasteiger partial charge is 0.228 e. The van der Waals surface area contributed by atoms with Crippen molar-refractivity contribution in [3.05, 3.63) is 10.7 Å². The molecule has 1 heterocycles. The average Bonchev–Trinajstić information content (AvgIpc) is 3.10. The second-order valence-electron chi connectivity index (χ2n) is 5.49. The van der Waals surface area contributed by atoms with Crippen molar-refractivity contribution in [3.8, 4) is 0 Å². The maximum Gasteiger partial charge on any atom is 0.228 e. The van der Waals surface area contributed by atoms with Crippen LogP contribution in [-0.4, -0.2) is 16.1 Å². The zero-order chi connectivity index (χ0) is 12.5. The van der Waals surface area contributed by atoms with Crippen molar-refractivity contribution in [2.45, 2.75) is 38.5 Å². The van der Waals surface area contributed by atoms with Gasteiger partial charge in [-0.25, -0.2) is 0 Å². The third-order valence-corrected chi connectivity index (χ3v) is 4.87. The summed E-state index contributed by atoms with van der Waals surface area (Å²) < 4.78 is 0.811. The predicted molar refractivity (Wildman–Crippen MR) is 73.1 cm³/mol. The Hall–Kier alpha value is -0.840. The van der Waals surface area contributed by atoms with Crippen LogP contribution in [0.15, 0.2) is 10.7 Å². The molecule has 2 saturated carbocycles. The molecular formula is C13H18BrN3O. The van der Waals surface area contributed by atoms with E-state index >= 15 is 0 Å². The van der Waals surface area contributed by atoms with Gasteiger partial charge in [0.2, 0.25) is 5.91 Å². The molecule has 18 heavy (non-hydrogen) atoms. The summed E-state index contributed by atoms with van der Waals surface area (Å²) in [6.07, 6.45) is 9.44. The van der Waals surface area contributed by atoms with E-state index in [-0.39, 0.29) is 11.8 Å². The quantitative estimate of drug-likeness (QED) is 0.899. The Labute approximate surface area is 115 Å². The van der Waals surface area contributed by atoms with Crippen LogP contribution in [0.25, 0.3) is 0 Å². The predicted octanol–water partition coefficient (Wildman–Crippen LogP) is 3.33. The van der Waals surface area contributed by atoms with E-state index in [4.69, 9.17) is 0 Å². The molecule has 3 rings (SSSR count). The lowest BCUT2D eigenvalue weighted by atomic mass is 9.85. The summed E-state index contributed by atoms with van der Waals surface area (Å²) in [5.74, 6) is 2.47. The minimum absolute atomic E-state index is 0.149. The van der Waals surface area contributed by atoms with Crippen molar-refractivity contribution in [3.63, 3.8) is 0 Å². The third-order valence-electron chi connectivity index (χ3n) is 4.27. The van der Waals surface area contributed by atoms with Gasteiger partial charge in [-0.05, 0) is 34.2 Å². The van der Waals surface area contributed by atoms with E-state index in [9.17, 15) is 4.79 Å². The highest BCUT2D eigenvalue weighted by Gasteiger charge is 2.47. The molecule has 0 saturated heterocycles. The first kappa shape index (κ1) is 12.2. The summed E-state index contributed by atoms with van der Waals surface area (Å²) in [7, 11) is 0. The maximum absolute atomic E-state index is 12.1. The van der Waals surface area contributed by atoms with Gasteiger partial charge in [-0.3, -0.25) is 9.89 Å². The van der Waals surface area contributed by atoms with E-state index in [1.165, 1.54) is 32.1 Å². The van der Waals surface area contributed by atoms with Crippen LogP contribution in [0, 0.1) is 17.8 Å². The van der Waals surface area contributed by atoms with E-state index in [1.807, 2.05) is 0 Å². The van der Waals surface area contributed by atoms with E-state index in [1.54, 1.807) is 6.20 Å². The monoisotopic (exact) mass is 311 g/mol. The minimum atomic E-state index is 0.149. The molecular weight excluding hydrogens is 294 g/mol.